The van der Waals surface area contributed by atoms with Crippen LogP contribution in [0.2, 0.25) is 0 Å². The molecule has 1 N–H and O–H groups in total. The fourth-order valence-corrected chi connectivity index (χ4v) is 2.76. The summed E-state index contributed by atoms with van der Waals surface area (Å²) in [5.41, 5.74) is 2.52. The van der Waals surface area contributed by atoms with Crippen LogP contribution in [0, 0.1) is 5.92 Å². The van der Waals surface area contributed by atoms with Crippen LogP contribution in [0.5, 0.6) is 0 Å². The largest absolute Gasteiger partial charge is 0.321 e. The van der Waals surface area contributed by atoms with Crippen molar-refractivity contribution in [3.63, 3.8) is 0 Å². The molecule has 1 saturated heterocycles. The van der Waals surface area contributed by atoms with E-state index in [-0.39, 0.29) is 24.8 Å². The first kappa shape index (κ1) is 16.3. The summed E-state index contributed by atoms with van der Waals surface area (Å²) in [6.45, 7) is 2.34. The molecular formula is C14H21Cl2N3. The lowest BCUT2D eigenvalue weighted by Gasteiger charge is -2.13. The number of nitrogens with one attached hydrogen (secondary N) is 1. The quantitative estimate of drug-likeness (QED) is 0.923. The van der Waals surface area contributed by atoms with E-state index in [2.05, 4.69) is 33.0 Å². The highest BCUT2D eigenvalue weighted by molar-refractivity contribution is 5.85. The number of aromatic nitrogens is 2. The molecule has 1 atom stereocenters. The van der Waals surface area contributed by atoms with E-state index in [9.17, 15) is 0 Å². The topological polar surface area (TPSA) is 29.3 Å². The molecule has 2 aromatic heterocycles. The van der Waals surface area contributed by atoms with Crippen LogP contribution in [0.25, 0.3) is 5.52 Å². The molecule has 3 nitrogen and oxygen atoms in total. The van der Waals surface area contributed by atoms with E-state index in [1.165, 1.54) is 37.0 Å². The smallest absolute Gasteiger partial charge is 0.0666 e. The van der Waals surface area contributed by atoms with Crippen LogP contribution >= 0.6 is 24.8 Å². The molecule has 1 fully saturated rings. The van der Waals surface area contributed by atoms with E-state index in [1.807, 2.05) is 12.4 Å². The Kier molecular flexibility index (Phi) is 6.63. The highest BCUT2D eigenvalue weighted by Gasteiger charge is 2.14. The summed E-state index contributed by atoms with van der Waals surface area (Å²) in [5.74, 6) is 0.790. The lowest BCUT2D eigenvalue weighted by Crippen LogP contribution is -2.14. The zero-order valence-electron chi connectivity index (χ0n) is 10.9. The molecule has 5 heteroatoms. The van der Waals surface area contributed by atoms with Gasteiger partial charge in [-0.05, 0) is 56.8 Å². The third-order valence-corrected chi connectivity index (χ3v) is 3.71. The van der Waals surface area contributed by atoms with Crippen LogP contribution < -0.4 is 5.32 Å². The van der Waals surface area contributed by atoms with Gasteiger partial charge in [0.05, 0.1) is 11.2 Å². The second-order valence-corrected chi connectivity index (χ2v) is 4.93. The molecule has 0 saturated carbocycles. The highest BCUT2D eigenvalue weighted by Crippen LogP contribution is 2.20. The first-order valence-corrected chi connectivity index (χ1v) is 6.55. The van der Waals surface area contributed by atoms with Crippen molar-refractivity contribution in [1.82, 2.24) is 14.7 Å². The zero-order chi connectivity index (χ0) is 11.5. The fourth-order valence-electron chi connectivity index (χ4n) is 2.76. The fraction of sp³-hybridized carbons (Fsp3) is 0.500. The lowest BCUT2D eigenvalue weighted by molar-refractivity contribution is 0.466. The second-order valence-electron chi connectivity index (χ2n) is 4.93. The molecule has 2 aromatic rings. The van der Waals surface area contributed by atoms with Gasteiger partial charge >= 0.3 is 0 Å². The molecule has 0 bridgehead atoms. The van der Waals surface area contributed by atoms with Crippen molar-refractivity contribution < 1.29 is 0 Å². The van der Waals surface area contributed by atoms with Gasteiger partial charge in [-0.2, -0.15) is 0 Å². The SMILES string of the molecule is Cl.Cl.c1cc2c(CC3CCCNCC3)nccn2c1. The summed E-state index contributed by atoms with van der Waals surface area (Å²) in [5, 5.41) is 3.47. The first-order chi connectivity index (χ1) is 8.43. The maximum Gasteiger partial charge on any atom is 0.0666 e. The third-order valence-electron chi connectivity index (χ3n) is 3.71. The van der Waals surface area contributed by atoms with Crippen LogP contribution in [0.3, 0.4) is 0 Å². The molecule has 0 amide bonds. The summed E-state index contributed by atoms with van der Waals surface area (Å²) in [6.07, 6.45) is 11.1. The Morgan fingerprint density at radius 2 is 2.11 bits per heavy atom. The van der Waals surface area contributed by atoms with E-state index in [4.69, 9.17) is 0 Å². The van der Waals surface area contributed by atoms with Crippen LogP contribution in [0.4, 0.5) is 0 Å². The van der Waals surface area contributed by atoms with Gasteiger partial charge in [-0.1, -0.05) is 0 Å². The van der Waals surface area contributed by atoms with Crippen molar-refractivity contribution in [2.75, 3.05) is 13.1 Å². The van der Waals surface area contributed by atoms with Gasteiger partial charge in [0.15, 0.2) is 0 Å². The molecule has 19 heavy (non-hydrogen) atoms. The number of halogens is 2. The normalized spacial score (nSPS) is 19.3. The molecule has 106 valence electrons. The minimum Gasteiger partial charge on any atom is -0.321 e. The number of nitrogens with zero attached hydrogens (tertiary/aromatic N) is 2. The molecule has 0 aromatic carbocycles. The van der Waals surface area contributed by atoms with Crippen molar-refractivity contribution in [3.8, 4) is 0 Å². The number of hydrogen-bond acceptors (Lipinski definition) is 2. The summed E-state index contributed by atoms with van der Waals surface area (Å²) in [6, 6.07) is 4.26. The number of fused-ring (bicyclic) bond motifs is 1. The Hall–Kier alpha value is -0.770. The van der Waals surface area contributed by atoms with E-state index < -0.39 is 0 Å². The second kappa shape index (κ2) is 7.73. The zero-order valence-corrected chi connectivity index (χ0v) is 12.6. The van der Waals surface area contributed by atoms with Crippen LogP contribution in [0.15, 0.2) is 30.7 Å². The van der Waals surface area contributed by atoms with Crippen molar-refractivity contribution in [1.29, 1.82) is 0 Å². The molecule has 0 aliphatic carbocycles. The van der Waals surface area contributed by atoms with Crippen LogP contribution in [-0.2, 0) is 6.42 Å². The number of rotatable bonds is 2. The van der Waals surface area contributed by atoms with Gasteiger partial charge in [-0.15, -0.1) is 24.8 Å². The molecule has 1 unspecified atom stereocenters. The van der Waals surface area contributed by atoms with Gasteiger partial charge in [0.2, 0.25) is 0 Å². The Balaban J connectivity index is 0.000000902. The first-order valence-electron chi connectivity index (χ1n) is 6.55. The Labute approximate surface area is 126 Å². The molecule has 1 aliphatic heterocycles. The average molecular weight is 302 g/mol. The van der Waals surface area contributed by atoms with Gasteiger partial charge in [0.1, 0.15) is 0 Å². The minimum atomic E-state index is 0. The molecular weight excluding hydrogens is 281 g/mol. The predicted octanol–water partition coefficient (Wildman–Crippen LogP) is 3.11. The maximum absolute atomic E-state index is 4.56. The summed E-state index contributed by atoms with van der Waals surface area (Å²) >= 11 is 0. The van der Waals surface area contributed by atoms with Crippen LogP contribution in [-0.4, -0.2) is 22.5 Å². The summed E-state index contributed by atoms with van der Waals surface area (Å²) in [7, 11) is 0. The van der Waals surface area contributed by atoms with Gasteiger partial charge in [-0.3, -0.25) is 4.98 Å². The van der Waals surface area contributed by atoms with Crippen molar-refractivity contribution in [2.45, 2.75) is 25.7 Å². The van der Waals surface area contributed by atoms with Gasteiger partial charge in [-0.25, -0.2) is 0 Å². The Morgan fingerprint density at radius 3 is 3.00 bits per heavy atom. The van der Waals surface area contributed by atoms with E-state index in [1.54, 1.807) is 0 Å². The predicted molar refractivity (Wildman–Crippen MR) is 83.6 cm³/mol. The highest BCUT2D eigenvalue weighted by atomic mass is 35.5. The molecule has 3 rings (SSSR count). The lowest BCUT2D eigenvalue weighted by atomic mass is 9.95. The van der Waals surface area contributed by atoms with E-state index >= 15 is 0 Å². The Bertz CT molecular complexity index is 490. The monoisotopic (exact) mass is 301 g/mol. The minimum absolute atomic E-state index is 0. The molecule has 3 heterocycles. The molecule has 1 aliphatic rings. The van der Waals surface area contributed by atoms with Gasteiger partial charge < -0.3 is 9.72 Å². The maximum atomic E-state index is 4.56. The van der Waals surface area contributed by atoms with Crippen LogP contribution in [0.1, 0.15) is 25.0 Å². The molecule has 0 radical (unpaired) electrons. The van der Waals surface area contributed by atoms with Crippen molar-refractivity contribution in [2.24, 2.45) is 5.92 Å². The van der Waals surface area contributed by atoms with Crippen molar-refractivity contribution >= 4 is 30.3 Å². The Morgan fingerprint density at radius 1 is 1.21 bits per heavy atom. The summed E-state index contributed by atoms with van der Waals surface area (Å²) < 4.78 is 2.16. The number of hydrogen-bond donors (Lipinski definition) is 1. The van der Waals surface area contributed by atoms with E-state index in [0.29, 0.717) is 0 Å². The third kappa shape index (κ3) is 3.85. The van der Waals surface area contributed by atoms with E-state index in [0.717, 1.165) is 18.9 Å². The standard InChI is InChI=1S/C14H19N3.2ClH/c1-3-12(5-7-15-6-1)11-13-14-4-2-9-17(14)10-8-16-13;;/h2,4,8-10,12,15H,1,3,5-7,11H2;2*1H. The average Bonchev–Trinajstić information content (AvgIpc) is 2.69. The van der Waals surface area contributed by atoms with Gasteiger partial charge in [0, 0.05) is 18.6 Å². The van der Waals surface area contributed by atoms with Crippen molar-refractivity contribution in [3.05, 3.63) is 36.4 Å². The molecule has 0 spiro atoms. The summed E-state index contributed by atoms with van der Waals surface area (Å²) in [4.78, 5) is 4.56. The van der Waals surface area contributed by atoms with Gasteiger partial charge in [0.25, 0.3) is 0 Å².